The van der Waals surface area contributed by atoms with Crippen LogP contribution in [0.2, 0.25) is 5.02 Å². The smallest absolute Gasteiger partial charge is 0.345 e. The van der Waals surface area contributed by atoms with E-state index in [-0.39, 0.29) is 12.4 Å². The van der Waals surface area contributed by atoms with E-state index in [0.29, 0.717) is 22.0 Å². The zero-order valence-corrected chi connectivity index (χ0v) is 19.5. The van der Waals surface area contributed by atoms with Crippen LogP contribution < -0.4 is 15.9 Å². The second-order valence-corrected chi connectivity index (χ2v) is 8.22. The number of nitrogens with one attached hydrogen (secondary N) is 1. The Bertz CT molecular complexity index is 1190. The van der Waals surface area contributed by atoms with E-state index in [4.69, 9.17) is 26.7 Å². The maximum absolute atomic E-state index is 13.4. The molecule has 4 N–H and O–H groups in total. The largest absolute Gasteiger partial charge is 0.436 e. The summed E-state index contributed by atoms with van der Waals surface area (Å²) in [5.41, 5.74) is 1.25. The molecule has 4 rings (SSSR count). The van der Waals surface area contributed by atoms with Gasteiger partial charge in [-0.15, -0.1) is 0 Å². The van der Waals surface area contributed by atoms with Crippen molar-refractivity contribution < 1.29 is 24.0 Å². The summed E-state index contributed by atoms with van der Waals surface area (Å²) in [6.45, 7) is -0.876. The zero-order valence-electron chi connectivity index (χ0n) is 18.7. The standard InChI is InChI=1S/C22H22ClN7O6/c23-15-3-1-14(2-4-15)12-28-20(30(24)22(33)29(21(28)32)13-17(31)11-25-34)26-16-5-7-18(8-6-16)36-19-9-10-35-27-19/h1-10,17,20,26,31H,11-13,24H2/t17-,20?/m1/s1. The van der Waals surface area contributed by atoms with Gasteiger partial charge in [0.05, 0.1) is 19.2 Å². The average Bonchev–Trinajstić information content (AvgIpc) is 3.38. The van der Waals surface area contributed by atoms with E-state index in [1.807, 2.05) is 0 Å². The molecule has 1 saturated heterocycles. The van der Waals surface area contributed by atoms with E-state index in [1.165, 1.54) is 11.2 Å². The van der Waals surface area contributed by atoms with Crippen LogP contribution >= 0.6 is 11.6 Å². The highest BCUT2D eigenvalue weighted by atomic mass is 35.5. The number of hydrogen-bond acceptors (Lipinski definition) is 10. The number of rotatable bonds is 10. The van der Waals surface area contributed by atoms with Crippen LogP contribution in [0.25, 0.3) is 0 Å². The van der Waals surface area contributed by atoms with Crippen molar-refractivity contribution in [2.24, 2.45) is 11.0 Å². The highest BCUT2D eigenvalue weighted by Gasteiger charge is 2.44. The second kappa shape index (κ2) is 11.0. The van der Waals surface area contributed by atoms with Gasteiger partial charge in [0.2, 0.25) is 6.29 Å². The lowest BCUT2D eigenvalue weighted by Gasteiger charge is -2.45. The van der Waals surface area contributed by atoms with Crippen LogP contribution in [0.15, 0.2) is 70.6 Å². The summed E-state index contributed by atoms with van der Waals surface area (Å²) in [5.74, 6) is 6.88. The van der Waals surface area contributed by atoms with Crippen molar-refractivity contribution in [3.63, 3.8) is 0 Å². The van der Waals surface area contributed by atoms with Gasteiger partial charge in [-0.1, -0.05) is 28.9 Å². The van der Waals surface area contributed by atoms with Gasteiger partial charge in [0.25, 0.3) is 5.88 Å². The number of hydrogen-bond donors (Lipinski definition) is 3. The third-order valence-corrected chi connectivity index (χ3v) is 5.47. The lowest BCUT2D eigenvalue weighted by atomic mass is 10.2. The molecule has 1 fully saturated rings. The van der Waals surface area contributed by atoms with Crippen LogP contribution in [-0.4, -0.2) is 62.6 Å². The molecule has 1 unspecified atom stereocenters. The highest BCUT2D eigenvalue weighted by molar-refractivity contribution is 6.30. The van der Waals surface area contributed by atoms with E-state index in [1.54, 1.807) is 54.6 Å². The van der Waals surface area contributed by atoms with E-state index >= 15 is 0 Å². The minimum Gasteiger partial charge on any atom is -0.436 e. The summed E-state index contributed by atoms with van der Waals surface area (Å²) < 4.78 is 10.3. The number of nitrogens with zero attached hydrogens (tertiary/aromatic N) is 5. The van der Waals surface area contributed by atoms with Gasteiger partial charge < -0.3 is 19.7 Å². The summed E-state index contributed by atoms with van der Waals surface area (Å²) in [6, 6.07) is 13.4. The number of aromatic nitrogens is 1. The molecular formula is C22H22ClN7O6. The lowest BCUT2D eigenvalue weighted by molar-refractivity contribution is 0.0260. The Kier molecular flexibility index (Phi) is 7.63. The molecule has 2 heterocycles. The van der Waals surface area contributed by atoms with Gasteiger partial charge in [0.15, 0.2) is 0 Å². The zero-order chi connectivity index (χ0) is 25.7. The molecule has 1 aliphatic heterocycles. The van der Waals surface area contributed by atoms with Crippen molar-refractivity contribution in [3.8, 4) is 11.6 Å². The Morgan fingerprint density at radius 3 is 2.50 bits per heavy atom. The number of imide groups is 1. The van der Waals surface area contributed by atoms with Crippen molar-refractivity contribution in [1.82, 2.24) is 20.0 Å². The number of aliphatic hydroxyl groups is 1. The topological polar surface area (TPSA) is 167 Å². The number of hydrazine groups is 1. The van der Waals surface area contributed by atoms with Crippen molar-refractivity contribution in [1.29, 1.82) is 0 Å². The third-order valence-electron chi connectivity index (χ3n) is 5.22. The molecule has 4 amide bonds. The van der Waals surface area contributed by atoms with Crippen LogP contribution in [0.3, 0.4) is 0 Å². The van der Waals surface area contributed by atoms with Crippen molar-refractivity contribution in [3.05, 3.63) is 76.4 Å². The molecule has 2 aromatic carbocycles. The van der Waals surface area contributed by atoms with Crippen LogP contribution in [0, 0.1) is 4.91 Å². The monoisotopic (exact) mass is 515 g/mol. The third kappa shape index (κ3) is 5.71. The molecule has 0 bridgehead atoms. The SMILES string of the molecule is NN1C(=O)N(C[C@H](O)CN=O)C(=O)N(Cc2ccc(Cl)cc2)C1Nc1ccc(Oc2ccon2)cc1. The predicted octanol–water partition coefficient (Wildman–Crippen LogP) is 3.18. The minimum atomic E-state index is -1.33. The average molecular weight is 516 g/mol. The second-order valence-electron chi connectivity index (χ2n) is 7.79. The number of anilines is 1. The Morgan fingerprint density at radius 1 is 1.14 bits per heavy atom. The highest BCUT2D eigenvalue weighted by Crippen LogP contribution is 2.25. The minimum absolute atomic E-state index is 0.0561. The van der Waals surface area contributed by atoms with Crippen LogP contribution in [0.1, 0.15) is 5.56 Å². The number of halogens is 1. The molecule has 2 atom stereocenters. The maximum Gasteiger partial charge on any atom is 0.345 e. The number of aliphatic hydroxyl groups excluding tert-OH is 1. The molecule has 1 aliphatic rings. The van der Waals surface area contributed by atoms with E-state index < -0.39 is 37.5 Å². The van der Waals surface area contributed by atoms with Gasteiger partial charge in [0, 0.05) is 16.8 Å². The fraction of sp³-hybridized carbons (Fsp3) is 0.227. The Balaban J connectivity index is 1.57. The van der Waals surface area contributed by atoms with Crippen LogP contribution in [-0.2, 0) is 6.54 Å². The molecule has 3 aromatic rings. The van der Waals surface area contributed by atoms with Gasteiger partial charge in [-0.2, -0.15) is 4.91 Å². The number of benzene rings is 2. The number of β-amino-alcohol motifs (C(OH)–C–C–N with tert-alkyl or cyclic N) is 1. The molecule has 188 valence electrons. The molecule has 0 saturated carbocycles. The van der Waals surface area contributed by atoms with Crippen LogP contribution in [0.5, 0.6) is 11.6 Å². The number of amides is 4. The summed E-state index contributed by atoms with van der Waals surface area (Å²) >= 11 is 5.97. The molecule has 1 aromatic heterocycles. The Morgan fingerprint density at radius 2 is 1.86 bits per heavy atom. The number of carbonyl (C=O) groups is 2. The number of ether oxygens (including phenoxy) is 1. The summed E-state index contributed by atoms with van der Waals surface area (Å²) in [7, 11) is 0. The lowest BCUT2D eigenvalue weighted by Crippen LogP contribution is -2.71. The molecule has 0 spiro atoms. The van der Waals surface area contributed by atoms with E-state index in [9.17, 15) is 19.6 Å². The van der Waals surface area contributed by atoms with E-state index in [0.717, 1.165) is 9.91 Å². The molecular weight excluding hydrogens is 494 g/mol. The first-order valence-electron chi connectivity index (χ1n) is 10.7. The fourth-order valence-electron chi connectivity index (χ4n) is 3.48. The summed E-state index contributed by atoms with van der Waals surface area (Å²) in [5, 5.41) is 20.7. The van der Waals surface area contributed by atoms with Gasteiger partial charge in [-0.05, 0) is 47.1 Å². The maximum atomic E-state index is 13.4. The van der Waals surface area contributed by atoms with Crippen molar-refractivity contribution in [2.75, 3.05) is 18.4 Å². The summed E-state index contributed by atoms with van der Waals surface area (Å²) in [6.07, 6.45) is -1.03. The molecule has 0 aliphatic carbocycles. The number of urea groups is 2. The first kappa shape index (κ1) is 24.9. The van der Waals surface area contributed by atoms with Gasteiger partial charge in [-0.25, -0.2) is 25.3 Å². The van der Waals surface area contributed by atoms with E-state index in [2.05, 4.69) is 15.7 Å². The normalized spacial score (nSPS) is 16.8. The number of nitroso groups, excluding NO2 is 1. The van der Waals surface area contributed by atoms with Gasteiger partial charge in [0.1, 0.15) is 18.6 Å². The van der Waals surface area contributed by atoms with Gasteiger partial charge >= 0.3 is 12.1 Å². The van der Waals surface area contributed by atoms with Crippen LogP contribution in [0.4, 0.5) is 15.3 Å². The fourth-order valence-corrected chi connectivity index (χ4v) is 3.60. The molecule has 0 radical (unpaired) electrons. The first-order chi connectivity index (χ1) is 17.4. The number of carbonyl (C=O) groups excluding carboxylic acids is 2. The molecule has 14 heteroatoms. The molecule has 36 heavy (non-hydrogen) atoms. The van der Waals surface area contributed by atoms with Crippen molar-refractivity contribution >= 4 is 29.4 Å². The Labute approximate surface area is 209 Å². The predicted molar refractivity (Wildman–Crippen MR) is 128 cm³/mol. The quantitative estimate of drug-likeness (QED) is 0.208. The van der Waals surface area contributed by atoms with Gasteiger partial charge in [-0.3, -0.25) is 4.90 Å². The first-order valence-corrected chi connectivity index (χ1v) is 11.1. The molecule has 13 nitrogen and oxygen atoms in total. The number of nitrogens with two attached hydrogens (primary N) is 1. The summed E-state index contributed by atoms with van der Waals surface area (Å²) in [4.78, 5) is 38.8. The Hall–Kier alpha value is -4.20. The van der Waals surface area contributed by atoms with Crippen molar-refractivity contribution in [2.45, 2.75) is 18.9 Å².